The molecule has 2 unspecified atom stereocenters. The topological polar surface area (TPSA) is 20.3 Å². The third-order valence-corrected chi connectivity index (χ3v) is 2.94. The molecule has 2 atom stereocenters. The summed E-state index contributed by atoms with van der Waals surface area (Å²) in [5, 5.41) is 0. The van der Waals surface area contributed by atoms with Gasteiger partial charge in [0.1, 0.15) is 0 Å². The van der Waals surface area contributed by atoms with E-state index in [1.165, 1.54) is 5.56 Å². The molecule has 5 heteroatoms. The Balaban J connectivity index is 0. The van der Waals surface area contributed by atoms with Crippen LogP contribution < -0.4 is 0 Å². The van der Waals surface area contributed by atoms with E-state index >= 15 is 0 Å². The van der Waals surface area contributed by atoms with Crippen LogP contribution in [0.15, 0.2) is 24.3 Å². The molecule has 0 N–H and O–H groups in total. The molecule has 0 saturated carbocycles. The van der Waals surface area contributed by atoms with E-state index in [9.17, 15) is 4.79 Å². The Labute approximate surface area is 125 Å². The summed E-state index contributed by atoms with van der Waals surface area (Å²) in [6.45, 7) is 4.24. The molecule has 0 aromatic heterocycles. The van der Waals surface area contributed by atoms with Crippen molar-refractivity contribution in [2.75, 3.05) is 0 Å². The molecule has 1 heterocycles. The molecular weight excluding hydrogens is 561 g/mol. The predicted octanol–water partition coefficient (Wildman–Crippen LogP) is 2.06. The Kier molecular flexibility index (Phi) is 8.10. The molecule has 0 saturated heterocycles. The fourth-order valence-corrected chi connectivity index (χ4v) is 2.13. The van der Waals surface area contributed by atoms with Gasteiger partial charge in [-0.05, 0) is 6.54 Å². The van der Waals surface area contributed by atoms with Gasteiger partial charge in [0, 0.05) is 44.5 Å². The summed E-state index contributed by atoms with van der Waals surface area (Å²) in [6.07, 6.45) is 1.96. The summed E-state index contributed by atoms with van der Waals surface area (Å²) >= 11 is 0. The van der Waals surface area contributed by atoms with Gasteiger partial charge in [-0.15, -0.1) is 17.7 Å². The first-order valence-electron chi connectivity index (χ1n) is 4.48. The summed E-state index contributed by atoms with van der Waals surface area (Å²) in [4.78, 5) is 11.2. The van der Waals surface area contributed by atoms with Crippen LogP contribution in [-0.2, 0) is 44.0 Å². The molecule has 87 valence electrons. The first-order valence-corrected chi connectivity index (χ1v) is 5.00. The number of rotatable bonds is 1. The molecule has 0 fully saturated rings. The standard InChI is InChI=1S/C11H12NOP.CH3.Rf.Y/c1-8(13)11-6-9-4-2-3-5-10(9)7-12(11)14;;;/h2-6,11H,1,7,14H2;1H3;;/q-2;-1;;. The quantitative estimate of drug-likeness (QED) is 0.378. The molecule has 2 nitrogen and oxygen atoms in total. The maximum atomic E-state index is 11.2. The Morgan fingerprint density at radius 2 is 2.06 bits per heavy atom. The minimum Gasteiger partial charge on any atom is -0.358 e. The Morgan fingerprint density at radius 1 is 1.47 bits per heavy atom. The Bertz CT molecular complexity index is 375. The van der Waals surface area contributed by atoms with Gasteiger partial charge in [0.05, 0.1) is 0 Å². The van der Waals surface area contributed by atoms with Crippen LogP contribution in [0.1, 0.15) is 11.1 Å². The van der Waals surface area contributed by atoms with Crippen molar-refractivity contribution in [2.45, 2.75) is 12.6 Å². The van der Waals surface area contributed by atoms with Crippen LogP contribution in [0.2, 0.25) is 0 Å². The average molecular weight is 576 g/mol. The summed E-state index contributed by atoms with van der Waals surface area (Å²) in [7, 11) is 2.58. The summed E-state index contributed by atoms with van der Waals surface area (Å²) in [5.41, 5.74) is 2.40. The number of ketones is 1. The third-order valence-electron chi connectivity index (χ3n) is 2.43. The summed E-state index contributed by atoms with van der Waals surface area (Å²) in [6, 6.07) is 7.90. The maximum Gasteiger partial charge on any atom is 0.0168 e. The zero-order valence-corrected chi connectivity index (χ0v) is 20.5. The van der Waals surface area contributed by atoms with Gasteiger partial charge < -0.3 is 19.1 Å². The van der Waals surface area contributed by atoms with Crippen molar-refractivity contribution < 1.29 is 37.5 Å². The van der Waals surface area contributed by atoms with E-state index in [0.717, 1.165) is 12.1 Å². The molecule has 0 aliphatic carbocycles. The molecule has 0 spiro atoms. The van der Waals surface area contributed by atoms with E-state index in [4.69, 9.17) is 0 Å². The second kappa shape index (κ2) is 7.45. The van der Waals surface area contributed by atoms with Crippen LogP contribution in [-0.4, -0.2) is 16.5 Å². The first-order chi connectivity index (χ1) is 6.68. The van der Waals surface area contributed by atoms with E-state index in [0.29, 0.717) is 0 Å². The van der Waals surface area contributed by atoms with Gasteiger partial charge in [0.2, 0.25) is 0 Å². The molecule has 1 aliphatic rings. The molecule has 17 heavy (non-hydrogen) atoms. The molecular formula is C12H15NOPRfY-3. The fraction of sp³-hybridized carbons (Fsp3) is 0.167. The molecule has 0 amide bonds. The number of nitrogens with zero attached hydrogens (tertiary/aromatic N) is 1. The third kappa shape index (κ3) is 3.82. The van der Waals surface area contributed by atoms with Crippen LogP contribution in [0, 0.1) is 20.8 Å². The number of Topliss-reactive ketones (excluding diaryl/α,β-unsaturated/α-hetero) is 1. The minimum atomic E-state index is -0.199. The predicted molar refractivity (Wildman–Crippen MR) is 65.7 cm³/mol. The Hall–Kier alpha value is -0.876. The van der Waals surface area contributed by atoms with Crippen molar-refractivity contribution >= 4 is 15.2 Å². The van der Waals surface area contributed by atoms with Crippen LogP contribution in [0.5, 0.6) is 0 Å². The zero-order chi connectivity index (χ0) is 10.1. The van der Waals surface area contributed by atoms with E-state index in [2.05, 4.69) is 22.4 Å². The SMILES string of the molecule is [CH2-]C(=O)C1[CH-]c2ccccc2CN1P.[CH3-].[Rf].[Y]. The molecule has 1 radical (unpaired) electrons. The maximum absolute atomic E-state index is 11.2. The van der Waals surface area contributed by atoms with Crippen LogP contribution >= 0.6 is 9.39 Å². The Morgan fingerprint density at radius 3 is 2.65 bits per heavy atom. The number of hydrogen-bond donors (Lipinski definition) is 0. The van der Waals surface area contributed by atoms with Gasteiger partial charge in [0.25, 0.3) is 0 Å². The number of hydrogen-bond acceptors (Lipinski definition) is 2. The van der Waals surface area contributed by atoms with Crippen molar-refractivity contribution in [3.8, 4) is 0 Å². The van der Waals surface area contributed by atoms with Gasteiger partial charge in [-0.25, -0.2) is 0 Å². The van der Waals surface area contributed by atoms with Crippen LogP contribution in [0.4, 0.5) is 0 Å². The van der Waals surface area contributed by atoms with E-state index in [-0.39, 0.29) is 52.0 Å². The van der Waals surface area contributed by atoms with Crippen molar-refractivity contribution in [1.29, 1.82) is 0 Å². The van der Waals surface area contributed by atoms with Crippen LogP contribution in [0.25, 0.3) is 0 Å². The summed E-state index contributed by atoms with van der Waals surface area (Å²) < 4.78 is 1.93. The second-order valence-electron chi connectivity index (χ2n) is 3.45. The van der Waals surface area contributed by atoms with Crippen molar-refractivity contribution in [3.63, 3.8) is 0 Å². The number of fused-ring (bicyclic) bond motifs is 1. The number of carbonyl (C=O) groups is 1. The minimum absolute atomic E-state index is 0. The number of benzene rings is 1. The zero-order valence-electron chi connectivity index (χ0n) is 10.1. The van der Waals surface area contributed by atoms with Gasteiger partial charge in [-0.3, -0.25) is 4.67 Å². The van der Waals surface area contributed by atoms with Gasteiger partial charge in [0.15, 0.2) is 0 Å². The monoisotopic (exact) mass is 576 g/mol. The smallest absolute Gasteiger partial charge is 0.0168 e. The molecule has 1 aromatic carbocycles. The van der Waals surface area contributed by atoms with E-state index in [1.54, 1.807) is 0 Å². The second-order valence-corrected chi connectivity index (χ2v) is 4.11. The van der Waals surface area contributed by atoms with Crippen molar-refractivity contribution in [1.82, 2.24) is 4.67 Å². The van der Waals surface area contributed by atoms with E-state index in [1.807, 2.05) is 29.3 Å². The van der Waals surface area contributed by atoms with Crippen LogP contribution in [0.3, 0.4) is 0 Å². The molecule has 0 bridgehead atoms. The first kappa shape index (κ1) is 18.5. The molecule has 1 aliphatic heterocycles. The van der Waals surface area contributed by atoms with Crippen molar-refractivity contribution in [2.24, 2.45) is 0 Å². The fourth-order valence-electron chi connectivity index (χ4n) is 1.68. The molecule has 1 aromatic rings. The summed E-state index contributed by atoms with van der Waals surface area (Å²) in [5.74, 6) is -0.0606. The van der Waals surface area contributed by atoms with Crippen molar-refractivity contribution in [3.05, 3.63) is 56.2 Å². The normalized spacial score (nSPS) is 17.4. The largest absolute Gasteiger partial charge is 0.358 e. The van der Waals surface area contributed by atoms with Gasteiger partial charge in [-0.1, -0.05) is 15.5 Å². The molecule has 2 rings (SSSR count). The van der Waals surface area contributed by atoms with Gasteiger partial charge >= 0.3 is 0 Å². The number of carbonyl (C=O) groups excluding carboxylic acids is 1. The average Bonchev–Trinajstić information content (AvgIpc) is 2.16. The van der Waals surface area contributed by atoms with Gasteiger partial charge in [-0.2, -0.15) is 18.1 Å². The van der Waals surface area contributed by atoms with E-state index < -0.39 is 0 Å².